The van der Waals surface area contributed by atoms with E-state index >= 15 is 0 Å². The van der Waals surface area contributed by atoms with E-state index in [1.54, 1.807) is 0 Å². The van der Waals surface area contributed by atoms with Crippen LogP contribution in [0.2, 0.25) is 0 Å². The van der Waals surface area contributed by atoms with Gasteiger partial charge < -0.3 is 9.72 Å². The fraction of sp³-hybridized carbons (Fsp3) is 0.357. The molecule has 3 rings (SSSR count). The van der Waals surface area contributed by atoms with Crippen molar-refractivity contribution in [3.8, 4) is 5.75 Å². The zero-order valence-electron chi connectivity index (χ0n) is 9.38. The zero-order chi connectivity index (χ0) is 11.0. The quantitative estimate of drug-likeness (QED) is 0.815. The molecule has 0 aliphatic heterocycles. The number of nitrogens with one attached hydrogen (secondary N) is 1. The Kier molecular flexibility index (Phi) is 2.35. The molecule has 83 valence electrons. The van der Waals surface area contributed by atoms with E-state index in [0.29, 0.717) is 6.61 Å². The highest BCUT2D eigenvalue weighted by molar-refractivity contribution is 5.86. The third-order valence-electron chi connectivity index (χ3n) is 3.34. The van der Waals surface area contributed by atoms with Crippen molar-refractivity contribution in [1.29, 1.82) is 0 Å². The molecule has 0 bridgehead atoms. The van der Waals surface area contributed by atoms with Crippen molar-refractivity contribution in [3.63, 3.8) is 0 Å². The first-order chi connectivity index (χ1) is 7.88. The molecule has 2 aromatic rings. The molecule has 0 amide bonds. The minimum atomic E-state index is 0.478. The molecule has 16 heavy (non-hydrogen) atoms. The van der Waals surface area contributed by atoms with Gasteiger partial charge in [0.1, 0.15) is 5.75 Å². The summed E-state index contributed by atoms with van der Waals surface area (Å²) in [5.41, 5.74) is 4.15. The second kappa shape index (κ2) is 3.85. The van der Waals surface area contributed by atoms with Crippen LogP contribution in [0.1, 0.15) is 24.1 Å². The SMILES string of the molecule is [CH2]COc1ccc2c3c([nH]c2c1)CCCC3. The zero-order valence-corrected chi connectivity index (χ0v) is 9.38. The fourth-order valence-corrected chi connectivity index (χ4v) is 2.60. The minimum Gasteiger partial charge on any atom is -0.494 e. The van der Waals surface area contributed by atoms with Gasteiger partial charge in [0.2, 0.25) is 0 Å². The molecule has 0 spiro atoms. The first-order valence-electron chi connectivity index (χ1n) is 5.94. The van der Waals surface area contributed by atoms with Gasteiger partial charge in [-0.05, 0) is 50.3 Å². The van der Waals surface area contributed by atoms with Gasteiger partial charge in [0, 0.05) is 22.7 Å². The molecule has 0 atom stereocenters. The van der Waals surface area contributed by atoms with E-state index in [0.717, 1.165) is 5.75 Å². The highest BCUT2D eigenvalue weighted by Gasteiger charge is 2.15. The number of H-pyrrole nitrogens is 1. The monoisotopic (exact) mass is 214 g/mol. The number of rotatable bonds is 2. The maximum atomic E-state index is 5.41. The second-order valence-corrected chi connectivity index (χ2v) is 4.35. The number of hydrogen-bond donors (Lipinski definition) is 1. The van der Waals surface area contributed by atoms with Crippen molar-refractivity contribution in [2.75, 3.05) is 6.61 Å². The molecule has 0 unspecified atom stereocenters. The predicted molar refractivity (Wildman–Crippen MR) is 65.8 cm³/mol. The molecule has 1 aromatic heterocycles. The number of hydrogen-bond acceptors (Lipinski definition) is 1. The topological polar surface area (TPSA) is 25.0 Å². The van der Waals surface area contributed by atoms with Crippen molar-refractivity contribution in [2.24, 2.45) is 0 Å². The number of aryl methyl sites for hydroxylation is 2. The Morgan fingerprint density at radius 1 is 1.25 bits per heavy atom. The van der Waals surface area contributed by atoms with E-state index in [-0.39, 0.29) is 0 Å². The molecular weight excluding hydrogens is 198 g/mol. The fourth-order valence-electron chi connectivity index (χ4n) is 2.60. The van der Waals surface area contributed by atoms with E-state index in [4.69, 9.17) is 4.74 Å². The lowest BCUT2D eigenvalue weighted by molar-refractivity contribution is 0.361. The van der Waals surface area contributed by atoms with Crippen LogP contribution in [-0.2, 0) is 12.8 Å². The Balaban J connectivity index is 2.11. The molecule has 1 aliphatic rings. The third kappa shape index (κ3) is 1.49. The normalized spacial score (nSPS) is 15.1. The van der Waals surface area contributed by atoms with Gasteiger partial charge in [0.05, 0.1) is 6.61 Å². The summed E-state index contributed by atoms with van der Waals surface area (Å²) >= 11 is 0. The molecule has 0 fully saturated rings. The third-order valence-corrected chi connectivity index (χ3v) is 3.34. The van der Waals surface area contributed by atoms with E-state index in [2.05, 4.69) is 24.0 Å². The minimum absolute atomic E-state index is 0.478. The van der Waals surface area contributed by atoms with Gasteiger partial charge in [-0.25, -0.2) is 0 Å². The van der Waals surface area contributed by atoms with Crippen molar-refractivity contribution >= 4 is 10.9 Å². The van der Waals surface area contributed by atoms with Crippen LogP contribution in [0.25, 0.3) is 10.9 Å². The smallest absolute Gasteiger partial charge is 0.121 e. The maximum absolute atomic E-state index is 5.41. The van der Waals surface area contributed by atoms with Gasteiger partial charge in [0.15, 0.2) is 0 Å². The average Bonchev–Trinajstić information content (AvgIpc) is 2.67. The number of aromatic amines is 1. The average molecular weight is 214 g/mol. The van der Waals surface area contributed by atoms with E-state index in [1.165, 1.54) is 47.8 Å². The summed E-state index contributed by atoms with van der Waals surface area (Å²) in [4.78, 5) is 3.51. The molecular formula is C14H16NO. The van der Waals surface area contributed by atoms with Crippen LogP contribution >= 0.6 is 0 Å². The van der Waals surface area contributed by atoms with Crippen LogP contribution < -0.4 is 4.74 Å². The standard InChI is InChI=1S/C14H16NO/c1-2-16-10-7-8-12-11-5-3-4-6-13(11)15-14(12)9-10/h7-9,15H,1-6H2. The van der Waals surface area contributed by atoms with E-state index < -0.39 is 0 Å². The summed E-state index contributed by atoms with van der Waals surface area (Å²) in [5.74, 6) is 0.904. The van der Waals surface area contributed by atoms with Crippen molar-refractivity contribution < 1.29 is 4.74 Å². The van der Waals surface area contributed by atoms with Crippen molar-refractivity contribution in [3.05, 3.63) is 36.4 Å². The van der Waals surface area contributed by atoms with E-state index in [9.17, 15) is 0 Å². The Labute approximate surface area is 95.6 Å². The summed E-state index contributed by atoms with van der Waals surface area (Å²) in [6, 6.07) is 6.29. The van der Waals surface area contributed by atoms with Crippen LogP contribution in [0.3, 0.4) is 0 Å². The Bertz CT molecular complexity index is 513. The summed E-state index contributed by atoms with van der Waals surface area (Å²) in [6.45, 7) is 4.17. The van der Waals surface area contributed by atoms with Gasteiger partial charge in [-0.15, -0.1) is 0 Å². The van der Waals surface area contributed by atoms with Crippen molar-refractivity contribution in [2.45, 2.75) is 25.7 Å². The number of ether oxygens (including phenoxy) is 1. The van der Waals surface area contributed by atoms with Crippen LogP contribution in [0.5, 0.6) is 5.75 Å². The van der Waals surface area contributed by atoms with Gasteiger partial charge in [-0.2, -0.15) is 0 Å². The number of fused-ring (bicyclic) bond motifs is 3. The summed E-state index contributed by atoms with van der Waals surface area (Å²) in [5, 5.41) is 1.37. The lowest BCUT2D eigenvalue weighted by atomic mass is 9.96. The predicted octanol–water partition coefficient (Wildman–Crippen LogP) is 3.26. The molecule has 2 nitrogen and oxygen atoms in total. The number of benzene rings is 1. The van der Waals surface area contributed by atoms with Crippen LogP contribution in [-0.4, -0.2) is 11.6 Å². The molecule has 0 saturated heterocycles. The van der Waals surface area contributed by atoms with E-state index in [1.807, 2.05) is 6.07 Å². The van der Waals surface area contributed by atoms with Gasteiger partial charge in [-0.3, -0.25) is 0 Å². The largest absolute Gasteiger partial charge is 0.494 e. The maximum Gasteiger partial charge on any atom is 0.121 e. The molecule has 1 heterocycles. The molecule has 2 heteroatoms. The van der Waals surface area contributed by atoms with Crippen LogP contribution in [0.4, 0.5) is 0 Å². The molecule has 1 aliphatic carbocycles. The van der Waals surface area contributed by atoms with Gasteiger partial charge in [-0.1, -0.05) is 0 Å². The molecule has 0 saturated carbocycles. The summed E-state index contributed by atoms with van der Waals surface area (Å²) < 4.78 is 5.41. The van der Waals surface area contributed by atoms with Gasteiger partial charge >= 0.3 is 0 Å². The van der Waals surface area contributed by atoms with Crippen molar-refractivity contribution in [1.82, 2.24) is 4.98 Å². The van der Waals surface area contributed by atoms with Gasteiger partial charge in [0.25, 0.3) is 0 Å². The Morgan fingerprint density at radius 3 is 3.00 bits per heavy atom. The summed E-state index contributed by atoms with van der Waals surface area (Å²) in [7, 11) is 0. The first kappa shape index (κ1) is 9.76. The molecule has 1 aromatic carbocycles. The highest BCUT2D eigenvalue weighted by Crippen LogP contribution is 2.30. The molecule has 1 radical (unpaired) electrons. The van der Waals surface area contributed by atoms with Crippen LogP contribution in [0.15, 0.2) is 18.2 Å². The lowest BCUT2D eigenvalue weighted by Gasteiger charge is -2.10. The van der Waals surface area contributed by atoms with Crippen LogP contribution in [0, 0.1) is 6.92 Å². The second-order valence-electron chi connectivity index (χ2n) is 4.35. The first-order valence-corrected chi connectivity index (χ1v) is 5.94. The number of aromatic nitrogens is 1. The lowest BCUT2D eigenvalue weighted by Crippen LogP contribution is -1.99. The summed E-state index contributed by atoms with van der Waals surface area (Å²) in [6.07, 6.45) is 5.03. The molecule has 1 N–H and O–H groups in total. The highest BCUT2D eigenvalue weighted by atomic mass is 16.5. The Morgan fingerprint density at radius 2 is 2.12 bits per heavy atom. The Hall–Kier alpha value is -1.44.